The lowest BCUT2D eigenvalue weighted by molar-refractivity contribution is 0.482. The van der Waals surface area contributed by atoms with E-state index >= 15 is 0 Å². The Balaban J connectivity index is 1.50. The van der Waals surface area contributed by atoms with Crippen molar-refractivity contribution in [2.45, 2.75) is 44.7 Å². The van der Waals surface area contributed by atoms with Gasteiger partial charge in [-0.05, 0) is 61.3 Å². The maximum absolute atomic E-state index is 3.71. The van der Waals surface area contributed by atoms with E-state index in [1.54, 1.807) is 0 Å². The molecule has 2 saturated heterocycles. The maximum Gasteiger partial charge on any atom is 0.0366 e. The van der Waals surface area contributed by atoms with Crippen molar-refractivity contribution in [3.63, 3.8) is 0 Å². The van der Waals surface area contributed by atoms with E-state index in [0.717, 1.165) is 12.6 Å². The number of thioether (sulfide) groups is 1. The van der Waals surface area contributed by atoms with Crippen LogP contribution in [0.5, 0.6) is 0 Å². The predicted octanol–water partition coefficient (Wildman–Crippen LogP) is 3.66. The lowest BCUT2D eigenvalue weighted by Crippen LogP contribution is -2.32. The van der Waals surface area contributed by atoms with E-state index in [1.165, 1.54) is 68.0 Å². The van der Waals surface area contributed by atoms with Crippen LogP contribution in [0.2, 0.25) is 0 Å². The predicted molar refractivity (Wildman–Crippen MR) is 89.7 cm³/mol. The number of rotatable bonds is 4. The molecule has 0 aliphatic carbocycles. The van der Waals surface area contributed by atoms with E-state index in [1.807, 2.05) is 0 Å². The van der Waals surface area contributed by atoms with Crippen molar-refractivity contribution in [1.29, 1.82) is 0 Å². The van der Waals surface area contributed by atoms with Gasteiger partial charge < -0.3 is 10.2 Å². The van der Waals surface area contributed by atoms with Gasteiger partial charge in [0.2, 0.25) is 0 Å². The van der Waals surface area contributed by atoms with Crippen LogP contribution in [0.4, 0.5) is 5.69 Å². The van der Waals surface area contributed by atoms with Crippen LogP contribution in [0.3, 0.4) is 0 Å². The Kier molecular flexibility index (Phi) is 5.26. The molecular formula is C17H26N2S. The molecule has 1 N–H and O–H groups in total. The van der Waals surface area contributed by atoms with Crippen molar-refractivity contribution < 1.29 is 0 Å². The summed E-state index contributed by atoms with van der Waals surface area (Å²) in [6.45, 7) is 3.49. The van der Waals surface area contributed by atoms with E-state index in [2.05, 4.69) is 46.2 Å². The van der Waals surface area contributed by atoms with E-state index in [0.29, 0.717) is 0 Å². The van der Waals surface area contributed by atoms with Crippen LogP contribution in [0.25, 0.3) is 0 Å². The summed E-state index contributed by atoms with van der Waals surface area (Å²) in [5, 5.41) is 3.71. The van der Waals surface area contributed by atoms with Gasteiger partial charge in [-0.3, -0.25) is 0 Å². The van der Waals surface area contributed by atoms with Gasteiger partial charge in [-0.2, -0.15) is 11.8 Å². The summed E-state index contributed by atoms with van der Waals surface area (Å²) >= 11 is 2.09. The fourth-order valence-corrected chi connectivity index (χ4v) is 4.25. The highest BCUT2D eigenvalue weighted by Crippen LogP contribution is 2.21. The lowest BCUT2D eigenvalue weighted by atomic mass is 10.1. The molecule has 0 unspecified atom stereocenters. The van der Waals surface area contributed by atoms with Crippen LogP contribution in [0.1, 0.15) is 37.7 Å². The summed E-state index contributed by atoms with van der Waals surface area (Å²) in [4.78, 5) is 2.53. The zero-order valence-corrected chi connectivity index (χ0v) is 13.1. The third kappa shape index (κ3) is 3.92. The van der Waals surface area contributed by atoms with Crippen molar-refractivity contribution in [2.75, 3.05) is 29.5 Å². The zero-order chi connectivity index (χ0) is 13.6. The molecule has 2 nitrogen and oxygen atoms in total. The molecule has 20 heavy (non-hydrogen) atoms. The highest BCUT2D eigenvalue weighted by molar-refractivity contribution is 7.99. The first-order valence-corrected chi connectivity index (χ1v) is 9.22. The fourth-order valence-electron chi connectivity index (χ4n) is 3.14. The lowest BCUT2D eigenvalue weighted by Gasteiger charge is -2.29. The van der Waals surface area contributed by atoms with Gasteiger partial charge in [0.05, 0.1) is 0 Å². The highest BCUT2D eigenvalue weighted by atomic mass is 32.2. The Morgan fingerprint density at radius 3 is 2.40 bits per heavy atom. The van der Waals surface area contributed by atoms with Gasteiger partial charge in [0.1, 0.15) is 0 Å². The molecule has 3 rings (SSSR count). The first kappa shape index (κ1) is 14.3. The van der Waals surface area contributed by atoms with Crippen LogP contribution >= 0.6 is 11.8 Å². The summed E-state index contributed by atoms with van der Waals surface area (Å²) in [7, 11) is 0. The molecule has 0 spiro atoms. The van der Waals surface area contributed by atoms with E-state index in [4.69, 9.17) is 0 Å². The number of nitrogens with zero attached hydrogens (tertiary/aromatic N) is 1. The molecule has 2 fully saturated rings. The monoisotopic (exact) mass is 290 g/mol. The number of benzene rings is 1. The van der Waals surface area contributed by atoms with Crippen molar-refractivity contribution in [1.82, 2.24) is 5.32 Å². The summed E-state index contributed by atoms with van der Waals surface area (Å²) < 4.78 is 0. The molecule has 1 aromatic carbocycles. The Hall–Kier alpha value is -0.670. The average Bonchev–Trinajstić information content (AvgIpc) is 2.55. The van der Waals surface area contributed by atoms with Crippen molar-refractivity contribution in [3.05, 3.63) is 29.8 Å². The maximum atomic E-state index is 3.71. The molecule has 0 aromatic heterocycles. The standard InChI is InChI=1S/C17H26N2S/c1-2-10-19(11-3-1)17-6-4-15(5-7-17)14-18-16-8-12-20-13-9-16/h4-7,16,18H,1-3,8-14H2. The minimum absolute atomic E-state index is 0.734. The number of anilines is 1. The second kappa shape index (κ2) is 7.37. The van der Waals surface area contributed by atoms with Crippen LogP contribution in [-0.2, 0) is 6.54 Å². The van der Waals surface area contributed by atoms with Gasteiger partial charge in [0, 0.05) is 31.4 Å². The smallest absolute Gasteiger partial charge is 0.0366 e. The molecule has 0 saturated carbocycles. The second-order valence-corrected chi connectivity index (χ2v) is 7.21. The van der Waals surface area contributed by atoms with Crippen molar-refractivity contribution in [3.8, 4) is 0 Å². The highest BCUT2D eigenvalue weighted by Gasteiger charge is 2.13. The summed E-state index contributed by atoms with van der Waals surface area (Å²) in [5.41, 5.74) is 2.83. The molecule has 0 atom stereocenters. The molecule has 3 heteroatoms. The Morgan fingerprint density at radius 2 is 1.70 bits per heavy atom. The Bertz CT molecular complexity index is 392. The Labute approximate surface area is 127 Å². The van der Waals surface area contributed by atoms with Crippen molar-refractivity contribution in [2.24, 2.45) is 0 Å². The quantitative estimate of drug-likeness (QED) is 0.911. The molecule has 0 radical (unpaired) electrons. The molecule has 2 aliphatic heterocycles. The van der Waals surface area contributed by atoms with Crippen LogP contribution < -0.4 is 10.2 Å². The molecular weight excluding hydrogens is 264 g/mol. The Morgan fingerprint density at radius 1 is 1.00 bits per heavy atom. The fraction of sp³-hybridized carbons (Fsp3) is 0.647. The van der Waals surface area contributed by atoms with Gasteiger partial charge >= 0.3 is 0 Å². The number of hydrogen-bond acceptors (Lipinski definition) is 3. The first-order valence-electron chi connectivity index (χ1n) is 8.07. The molecule has 0 amide bonds. The molecule has 110 valence electrons. The summed E-state index contributed by atoms with van der Waals surface area (Å²) in [6.07, 6.45) is 6.76. The molecule has 0 bridgehead atoms. The molecule has 2 aliphatic rings. The van der Waals surface area contributed by atoms with Gasteiger partial charge in [-0.15, -0.1) is 0 Å². The van der Waals surface area contributed by atoms with E-state index < -0.39 is 0 Å². The molecule has 2 heterocycles. The molecule has 1 aromatic rings. The summed E-state index contributed by atoms with van der Waals surface area (Å²) in [6, 6.07) is 9.94. The van der Waals surface area contributed by atoms with Gasteiger partial charge in [0.25, 0.3) is 0 Å². The minimum Gasteiger partial charge on any atom is -0.372 e. The second-order valence-electron chi connectivity index (χ2n) is 5.98. The normalized spacial score (nSPS) is 21.1. The van der Waals surface area contributed by atoms with Crippen LogP contribution in [-0.4, -0.2) is 30.6 Å². The summed E-state index contributed by atoms with van der Waals surface area (Å²) in [5.74, 6) is 2.65. The number of hydrogen-bond donors (Lipinski definition) is 1. The van der Waals surface area contributed by atoms with Crippen LogP contribution in [0, 0.1) is 0 Å². The third-order valence-corrected chi connectivity index (χ3v) is 5.52. The van der Waals surface area contributed by atoms with Gasteiger partial charge in [0.15, 0.2) is 0 Å². The topological polar surface area (TPSA) is 15.3 Å². The SMILES string of the molecule is c1cc(N2CCCCC2)ccc1CNC1CCSCC1. The zero-order valence-electron chi connectivity index (χ0n) is 12.3. The van der Waals surface area contributed by atoms with E-state index in [9.17, 15) is 0 Å². The van der Waals surface area contributed by atoms with Crippen LogP contribution in [0.15, 0.2) is 24.3 Å². The largest absolute Gasteiger partial charge is 0.372 e. The number of piperidine rings is 1. The minimum atomic E-state index is 0.734. The number of nitrogens with one attached hydrogen (secondary N) is 1. The van der Waals surface area contributed by atoms with Gasteiger partial charge in [-0.25, -0.2) is 0 Å². The average molecular weight is 290 g/mol. The van der Waals surface area contributed by atoms with E-state index in [-0.39, 0.29) is 0 Å². The first-order chi connectivity index (χ1) is 9.92. The van der Waals surface area contributed by atoms with Crippen molar-refractivity contribution >= 4 is 17.4 Å². The third-order valence-electron chi connectivity index (χ3n) is 4.47. The van der Waals surface area contributed by atoms with Gasteiger partial charge in [-0.1, -0.05) is 12.1 Å².